The summed E-state index contributed by atoms with van der Waals surface area (Å²) in [6.45, 7) is 5.25. The maximum atomic E-state index is 11.2. The van der Waals surface area contributed by atoms with Crippen LogP contribution in [-0.4, -0.2) is 24.9 Å². The van der Waals surface area contributed by atoms with Crippen LogP contribution >= 0.6 is 0 Å². The van der Waals surface area contributed by atoms with Gasteiger partial charge in [-0.2, -0.15) is 0 Å². The van der Waals surface area contributed by atoms with Gasteiger partial charge in [0.15, 0.2) is 0 Å². The number of fused-ring (bicyclic) bond motifs is 2. The highest BCUT2D eigenvalue weighted by molar-refractivity contribution is 5.84. The minimum atomic E-state index is -0.213. The number of benzene rings is 2. The van der Waals surface area contributed by atoms with Crippen molar-refractivity contribution in [3.05, 3.63) is 42.0 Å². The quantitative estimate of drug-likeness (QED) is 0.850. The maximum Gasteiger partial charge on any atom is 0.119 e. The lowest BCUT2D eigenvalue weighted by atomic mass is 9.60. The lowest BCUT2D eigenvalue weighted by Gasteiger charge is -2.51. The number of ether oxygens (including phenoxy) is 2. The zero-order valence-electron chi connectivity index (χ0n) is 15.9. The average Bonchev–Trinajstić information content (AvgIpc) is 3.14. The molecule has 2 bridgehead atoms. The van der Waals surface area contributed by atoms with Crippen molar-refractivity contribution in [1.29, 1.82) is 0 Å². The third-order valence-electron chi connectivity index (χ3n) is 7.84. The van der Waals surface area contributed by atoms with Crippen LogP contribution in [0.1, 0.15) is 44.8 Å². The molecule has 1 unspecified atom stereocenters. The summed E-state index contributed by atoms with van der Waals surface area (Å²) in [5, 5.41) is 13.6. The van der Waals surface area contributed by atoms with Crippen molar-refractivity contribution in [1.82, 2.24) is 0 Å². The fourth-order valence-electron chi connectivity index (χ4n) is 6.30. The lowest BCUT2D eigenvalue weighted by Crippen LogP contribution is -2.51. The molecular weight excluding hydrogens is 324 g/mol. The highest BCUT2D eigenvalue weighted by Crippen LogP contribution is 2.70. The van der Waals surface area contributed by atoms with E-state index in [0.717, 1.165) is 25.2 Å². The van der Waals surface area contributed by atoms with Crippen molar-refractivity contribution in [2.45, 2.75) is 45.3 Å². The Morgan fingerprint density at radius 3 is 2.65 bits per heavy atom. The molecule has 3 aliphatic rings. The van der Waals surface area contributed by atoms with Gasteiger partial charge in [-0.25, -0.2) is 0 Å². The van der Waals surface area contributed by atoms with Crippen molar-refractivity contribution < 1.29 is 14.6 Å². The van der Waals surface area contributed by atoms with Crippen molar-refractivity contribution in [2.75, 3.05) is 13.7 Å². The molecule has 3 heteroatoms. The first-order valence-electron chi connectivity index (χ1n) is 9.83. The van der Waals surface area contributed by atoms with Crippen LogP contribution in [0.5, 0.6) is 5.75 Å². The molecule has 3 fully saturated rings. The van der Waals surface area contributed by atoms with E-state index < -0.39 is 0 Å². The van der Waals surface area contributed by atoms with Crippen LogP contribution in [0.4, 0.5) is 0 Å². The van der Waals surface area contributed by atoms with Crippen LogP contribution in [0, 0.1) is 22.7 Å². The number of aliphatic hydroxyl groups is 1. The smallest absolute Gasteiger partial charge is 0.119 e. The summed E-state index contributed by atoms with van der Waals surface area (Å²) in [6.07, 6.45) is 3.23. The van der Waals surface area contributed by atoms with E-state index in [0.29, 0.717) is 11.8 Å². The Hall–Kier alpha value is -1.58. The van der Waals surface area contributed by atoms with Gasteiger partial charge in [-0.1, -0.05) is 32.0 Å². The van der Waals surface area contributed by atoms with Crippen LogP contribution in [-0.2, 0) is 4.74 Å². The molecule has 1 spiro atoms. The van der Waals surface area contributed by atoms with Gasteiger partial charge in [-0.3, -0.25) is 0 Å². The van der Waals surface area contributed by atoms with Crippen molar-refractivity contribution >= 4 is 10.8 Å². The third kappa shape index (κ3) is 2.07. The van der Waals surface area contributed by atoms with Crippen LogP contribution in [0.15, 0.2) is 36.4 Å². The fourth-order valence-corrected chi connectivity index (χ4v) is 6.30. The largest absolute Gasteiger partial charge is 0.497 e. The molecule has 5 rings (SSSR count). The Labute approximate surface area is 155 Å². The van der Waals surface area contributed by atoms with Gasteiger partial charge < -0.3 is 14.6 Å². The van der Waals surface area contributed by atoms with Gasteiger partial charge in [0.2, 0.25) is 0 Å². The first-order valence-corrected chi connectivity index (χ1v) is 9.83. The minimum Gasteiger partial charge on any atom is -0.497 e. The van der Waals surface area contributed by atoms with Crippen molar-refractivity contribution in [3.8, 4) is 5.75 Å². The van der Waals surface area contributed by atoms with Crippen LogP contribution < -0.4 is 4.74 Å². The monoisotopic (exact) mass is 352 g/mol. The van der Waals surface area contributed by atoms with Crippen molar-refractivity contribution in [2.24, 2.45) is 22.7 Å². The van der Waals surface area contributed by atoms with E-state index in [2.05, 4.69) is 44.2 Å². The zero-order valence-corrected chi connectivity index (χ0v) is 15.9. The molecule has 5 atom stereocenters. The molecule has 2 aliphatic carbocycles. The second-order valence-electron chi connectivity index (χ2n) is 9.21. The zero-order chi connectivity index (χ0) is 18.1. The average molecular weight is 352 g/mol. The number of hydrogen-bond acceptors (Lipinski definition) is 3. The Balaban J connectivity index is 1.52. The minimum absolute atomic E-state index is 0.0400. The van der Waals surface area contributed by atoms with E-state index in [1.807, 2.05) is 6.07 Å². The Morgan fingerprint density at radius 1 is 1.12 bits per heavy atom. The molecule has 138 valence electrons. The molecular formula is C23H28O3. The van der Waals surface area contributed by atoms with Crippen LogP contribution in [0.25, 0.3) is 10.8 Å². The Morgan fingerprint density at radius 2 is 1.88 bits per heavy atom. The number of methoxy groups -OCH3 is 1. The van der Waals surface area contributed by atoms with E-state index in [9.17, 15) is 5.11 Å². The first-order chi connectivity index (χ1) is 12.5. The van der Waals surface area contributed by atoms with E-state index in [1.165, 1.54) is 22.8 Å². The highest BCUT2D eigenvalue weighted by Gasteiger charge is 2.67. The van der Waals surface area contributed by atoms with Gasteiger partial charge in [0, 0.05) is 12.0 Å². The van der Waals surface area contributed by atoms with Crippen LogP contribution in [0.3, 0.4) is 0 Å². The summed E-state index contributed by atoms with van der Waals surface area (Å²) in [5.41, 5.74) is 1.34. The fraction of sp³-hybridized carbons (Fsp3) is 0.565. The van der Waals surface area contributed by atoms with E-state index in [-0.39, 0.29) is 23.0 Å². The molecule has 1 aliphatic heterocycles. The highest BCUT2D eigenvalue weighted by atomic mass is 16.5. The summed E-state index contributed by atoms with van der Waals surface area (Å²) in [4.78, 5) is 0. The van der Waals surface area contributed by atoms with Gasteiger partial charge in [0.05, 0.1) is 19.3 Å². The van der Waals surface area contributed by atoms with E-state index in [1.54, 1.807) is 7.11 Å². The molecule has 0 amide bonds. The molecule has 2 aromatic carbocycles. The van der Waals surface area contributed by atoms with Gasteiger partial charge in [0.1, 0.15) is 5.75 Å². The van der Waals surface area contributed by atoms with E-state index in [4.69, 9.17) is 9.47 Å². The van der Waals surface area contributed by atoms with Gasteiger partial charge in [-0.15, -0.1) is 0 Å². The molecule has 2 aromatic rings. The summed E-state index contributed by atoms with van der Waals surface area (Å²) < 4.78 is 11.6. The maximum absolute atomic E-state index is 11.2. The summed E-state index contributed by atoms with van der Waals surface area (Å²) >= 11 is 0. The Bertz CT molecular complexity index is 858. The molecule has 1 N–H and O–H groups in total. The topological polar surface area (TPSA) is 38.7 Å². The molecule has 1 heterocycles. The Kier molecular flexibility index (Phi) is 3.48. The first kappa shape index (κ1) is 16.6. The molecule has 0 aromatic heterocycles. The third-order valence-corrected chi connectivity index (χ3v) is 7.84. The van der Waals surface area contributed by atoms with E-state index >= 15 is 0 Å². The number of rotatable bonds is 2. The molecule has 1 saturated heterocycles. The lowest BCUT2D eigenvalue weighted by molar-refractivity contribution is -0.164. The van der Waals surface area contributed by atoms with Gasteiger partial charge in [0.25, 0.3) is 0 Å². The summed E-state index contributed by atoms with van der Waals surface area (Å²) in [6, 6.07) is 12.8. The predicted molar refractivity (Wildman–Crippen MR) is 102 cm³/mol. The molecule has 3 nitrogen and oxygen atoms in total. The van der Waals surface area contributed by atoms with Gasteiger partial charge >= 0.3 is 0 Å². The second kappa shape index (κ2) is 5.46. The van der Waals surface area contributed by atoms with Crippen molar-refractivity contribution in [3.63, 3.8) is 0 Å². The van der Waals surface area contributed by atoms with Crippen LogP contribution in [0.2, 0.25) is 0 Å². The molecule has 26 heavy (non-hydrogen) atoms. The summed E-state index contributed by atoms with van der Waals surface area (Å²) in [7, 11) is 1.70. The normalized spacial score (nSPS) is 37.7. The standard InChI is InChI=1S/C23H28O3/c1-22(2)17-12-19-20(26-9-8-23(19,13-17)21(22)24)16-5-4-15-11-18(25-3)7-6-14(15)10-16/h4-7,10-11,17,19-21,24H,8-9,12-13H2,1-3H3/t17-,19-,20-,21-,23?/m1/s1. The predicted octanol–water partition coefficient (Wildman–Crippen LogP) is 4.72. The number of hydrogen-bond donors (Lipinski definition) is 1. The van der Waals surface area contributed by atoms with Gasteiger partial charge in [-0.05, 0) is 71.0 Å². The summed E-state index contributed by atoms with van der Waals surface area (Å²) in [5.74, 6) is 1.92. The molecule has 0 radical (unpaired) electrons. The second-order valence-corrected chi connectivity index (χ2v) is 9.21. The number of aliphatic hydroxyl groups excluding tert-OH is 1. The SMILES string of the molecule is COc1ccc2cc([C@H]3OCCC45C[C@@H](C[C@H]34)C(C)(C)[C@H]5O)ccc2c1. The molecule has 2 saturated carbocycles.